The smallest absolute Gasteiger partial charge is 0.425 e. The molecule has 26 heavy (non-hydrogen) atoms. The van der Waals surface area contributed by atoms with Crippen LogP contribution in [0.5, 0.6) is 0 Å². The van der Waals surface area contributed by atoms with Gasteiger partial charge in [0.1, 0.15) is 5.57 Å². The molecule has 1 atom stereocenters. The summed E-state index contributed by atoms with van der Waals surface area (Å²) >= 11 is 5.83. The Morgan fingerprint density at radius 3 is 2.46 bits per heavy atom. The summed E-state index contributed by atoms with van der Waals surface area (Å²) in [7, 11) is 0. The van der Waals surface area contributed by atoms with Gasteiger partial charge in [-0.05, 0) is 26.0 Å². The Morgan fingerprint density at radius 2 is 1.92 bits per heavy atom. The number of halogens is 4. The van der Waals surface area contributed by atoms with E-state index in [2.05, 4.69) is 4.74 Å². The van der Waals surface area contributed by atoms with Crippen LogP contribution in [0.25, 0.3) is 0 Å². The van der Waals surface area contributed by atoms with Crippen LogP contribution in [0.4, 0.5) is 13.2 Å². The van der Waals surface area contributed by atoms with E-state index in [9.17, 15) is 27.6 Å². The number of nitrogens with one attached hydrogen (secondary N) is 2. The molecule has 0 unspecified atom stereocenters. The molecule has 0 fully saturated rings. The van der Waals surface area contributed by atoms with Gasteiger partial charge in [-0.1, -0.05) is 23.7 Å². The lowest BCUT2D eigenvalue weighted by Crippen LogP contribution is -2.66. The molecule has 1 aromatic rings. The summed E-state index contributed by atoms with van der Waals surface area (Å²) in [4.78, 5) is 36.7. The van der Waals surface area contributed by atoms with Crippen molar-refractivity contribution < 1.29 is 32.3 Å². The lowest BCUT2D eigenvalue weighted by atomic mass is 9.88. The monoisotopic (exact) mass is 390 g/mol. The molecule has 1 aliphatic heterocycles. The number of hydrogen-bond donors (Lipinski definition) is 2. The maximum Gasteiger partial charge on any atom is 0.425 e. The van der Waals surface area contributed by atoms with Gasteiger partial charge in [-0.2, -0.15) is 13.2 Å². The highest BCUT2D eigenvalue weighted by molar-refractivity contribution is 6.34. The largest absolute Gasteiger partial charge is 0.462 e. The van der Waals surface area contributed by atoms with Crippen molar-refractivity contribution in [1.29, 1.82) is 0 Å². The minimum absolute atomic E-state index is 0.112. The van der Waals surface area contributed by atoms with Crippen molar-refractivity contribution in [3.8, 4) is 0 Å². The summed E-state index contributed by atoms with van der Waals surface area (Å²) < 4.78 is 46.4. The fraction of sp³-hybridized carbons (Fsp3) is 0.312. The summed E-state index contributed by atoms with van der Waals surface area (Å²) in [6, 6.07) is 5.37. The molecule has 6 nitrogen and oxygen atoms in total. The summed E-state index contributed by atoms with van der Waals surface area (Å²) in [6.45, 7) is 2.30. The van der Waals surface area contributed by atoms with Crippen LogP contribution in [0, 0.1) is 0 Å². The number of carbonyl (C=O) groups is 3. The molecule has 2 rings (SSSR count). The normalized spacial score (nSPS) is 20.0. The average molecular weight is 391 g/mol. The van der Waals surface area contributed by atoms with Crippen molar-refractivity contribution >= 4 is 29.4 Å². The second kappa shape index (κ2) is 6.99. The number of esters is 1. The number of alkyl halides is 3. The summed E-state index contributed by atoms with van der Waals surface area (Å²) in [5.74, 6) is -4.23. The van der Waals surface area contributed by atoms with Crippen LogP contribution in [-0.4, -0.2) is 36.1 Å². The lowest BCUT2D eigenvalue weighted by Gasteiger charge is -2.31. The van der Waals surface area contributed by atoms with Crippen molar-refractivity contribution in [2.24, 2.45) is 0 Å². The first-order valence-electron chi connectivity index (χ1n) is 7.40. The second-order valence-electron chi connectivity index (χ2n) is 5.36. The highest BCUT2D eigenvalue weighted by Crippen LogP contribution is 2.41. The van der Waals surface area contributed by atoms with E-state index in [1.165, 1.54) is 31.2 Å². The third-order valence-corrected chi connectivity index (χ3v) is 4.05. The topological polar surface area (TPSA) is 84.5 Å². The van der Waals surface area contributed by atoms with Gasteiger partial charge in [-0.3, -0.25) is 9.59 Å². The molecular formula is C16H14ClF3N2O4. The Morgan fingerprint density at radius 1 is 1.31 bits per heavy atom. The van der Waals surface area contributed by atoms with E-state index in [-0.39, 0.29) is 22.9 Å². The molecule has 1 aliphatic rings. The molecule has 0 bridgehead atoms. The molecule has 0 radical (unpaired) electrons. The van der Waals surface area contributed by atoms with Crippen LogP contribution in [-0.2, 0) is 14.3 Å². The molecule has 0 saturated heterocycles. The van der Waals surface area contributed by atoms with E-state index in [0.29, 0.717) is 0 Å². The first kappa shape index (κ1) is 19.8. The van der Waals surface area contributed by atoms with Gasteiger partial charge in [-0.15, -0.1) is 0 Å². The second-order valence-corrected chi connectivity index (χ2v) is 5.76. The molecule has 0 aliphatic carbocycles. The molecule has 10 heteroatoms. The van der Waals surface area contributed by atoms with E-state index in [1.807, 2.05) is 5.32 Å². The molecule has 0 aromatic heterocycles. The number of amides is 2. The number of ether oxygens (including phenoxy) is 1. The van der Waals surface area contributed by atoms with Crippen molar-refractivity contribution in [2.75, 3.05) is 6.61 Å². The fourth-order valence-corrected chi connectivity index (χ4v) is 2.80. The third kappa shape index (κ3) is 3.14. The summed E-state index contributed by atoms with van der Waals surface area (Å²) in [5.41, 5.74) is -5.24. The highest BCUT2D eigenvalue weighted by atomic mass is 35.5. The maximum atomic E-state index is 13.9. The predicted molar refractivity (Wildman–Crippen MR) is 85.2 cm³/mol. The van der Waals surface area contributed by atoms with Crippen LogP contribution in [0.2, 0.25) is 5.02 Å². The molecular weight excluding hydrogens is 377 g/mol. The van der Waals surface area contributed by atoms with Gasteiger partial charge in [0.15, 0.2) is 0 Å². The first-order valence-corrected chi connectivity index (χ1v) is 7.77. The minimum atomic E-state index is -5.31. The number of hydrogen-bond acceptors (Lipinski definition) is 4. The zero-order chi connectivity index (χ0) is 19.7. The van der Waals surface area contributed by atoms with E-state index < -0.39 is 35.1 Å². The molecule has 1 heterocycles. The van der Waals surface area contributed by atoms with Gasteiger partial charge in [0.25, 0.3) is 11.8 Å². The minimum Gasteiger partial charge on any atom is -0.462 e. The van der Waals surface area contributed by atoms with Crippen LogP contribution < -0.4 is 10.6 Å². The number of rotatable bonds is 4. The number of allylic oxidation sites excluding steroid dienone is 1. The van der Waals surface area contributed by atoms with E-state index in [0.717, 1.165) is 6.92 Å². The van der Waals surface area contributed by atoms with Gasteiger partial charge >= 0.3 is 12.1 Å². The Hall–Kier alpha value is -2.55. The van der Waals surface area contributed by atoms with Crippen LogP contribution in [0.3, 0.4) is 0 Å². The summed E-state index contributed by atoms with van der Waals surface area (Å²) in [6.07, 6.45) is -5.31. The van der Waals surface area contributed by atoms with Gasteiger partial charge in [0.05, 0.1) is 17.2 Å². The van der Waals surface area contributed by atoms with E-state index in [1.54, 1.807) is 5.32 Å². The zero-order valence-electron chi connectivity index (χ0n) is 13.7. The highest BCUT2D eigenvalue weighted by Gasteiger charge is 2.69. The fourth-order valence-electron chi connectivity index (χ4n) is 2.57. The summed E-state index contributed by atoms with van der Waals surface area (Å²) in [5, 5.41) is 3.48. The molecule has 0 spiro atoms. The molecule has 140 valence electrons. The molecule has 0 saturated carbocycles. The zero-order valence-corrected chi connectivity index (χ0v) is 14.4. The van der Waals surface area contributed by atoms with Gasteiger partial charge in [0.2, 0.25) is 5.54 Å². The molecule has 1 aromatic carbocycles. The van der Waals surface area contributed by atoms with Crippen LogP contribution in [0.15, 0.2) is 35.5 Å². The Kier molecular flexibility index (Phi) is 5.31. The van der Waals surface area contributed by atoms with Gasteiger partial charge in [-0.25, -0.2) is 4.79 Å². The average Bonchev–Trinajstić information content (AvgIpc) is 2.78. The Bertz CT molecular complexity index is 807. The number of benzene rings is 1. The predicted octanol–water partition coefficient (Wildman–Crippen LogP) is 2.34. The van der Waals surface area contributed by atoms with Crippen LogP contribution >= 0.6 is 11.6 Å². The van der Waals surface area contributed by atoms with Crippen molar-refractivity contribution in [3.63, 3.8) is 0 Å². The Labute approximate surface area is 151 Å². The van der Waals surface area contributed by atoms with Crippen LogP contribution in [0.1, 0.15) is 24.2 Å². The standard InChI is InChI=1S/C16H14ClF3N2O4/c1-3-26-13(24)11-8(2)21-14(25)15(11,16(18,19)20)22-12(23)9-6-4-5-7-10(9)17/h4-7H,3H2,1-2H3,(H,21,25)(H,22,23)/t15-/m0/s1. The first-order chi connectivity index (χ1) is 12.1. The van der Waals surface area contributed by atoms with Crippen molar-refractivity contribution in [3.05, 3.63) is 46.1 Å². The van der Waals surface area contributed by atoms with E-state index in [4.69, 9.17) is 11.6 Å². The quantitative estimate of drug-likeness (QED) is 0.773. The molecule has 2 N–H and O–H groups in total. The maximum absolute atomic E-state index is 13.9. The molecule has 2 amide bonds. The Balaban J connectivity index is 2.58. The third-order valence-electron chi connectivity index (χ3n) is 3.72. The van der Waals surface area contributed by atoms with Gasteiger partial charge < -0.3 is 15.4 Å². The lowest BCUT2D eigenvalue weighted by molar-refractivity contribution is -0.189. The van der Waals surface area contributed by atoms with Gasteiger partial charge in [0, 0.05) is 5.70 Å². The SMILES string of the molecule is CCOC(=O)C1=C(C)NC(=O)[C@]1(NC(=O)c1ccccc1Cl)C(F)(F)F. The van der Waals surface area contributed by atoms with E-state index >= 15 is 0 Å². The number of carbonyl (C=O) groups excluding carboxylic acids is 3. The van der Waals surface area contributed by atoms with Crippen molar-refractivity contribution in [1.82, 2.24) is 10.6 Å². The van der Waals surface area contributed by atoms with Crippen molar-refractivity contribution in [2.45, 2.75) is 25.6 Å².